The van der Waals surface area contributed by atoms with Gasteiger partial charge in [0, 0.05) is 26.1 Å². The molecule has 0 saturated heterocycles. The minimum atomic E-state index is -0.141. The molecule has 5 nitrogen and oxygen atoms in total. The van der Waals surface area contributed by atoms with E-state index in [2.05, 4.69) is 36.4 Å². The average molecular weight is 385 g/mol. The summed E-state index contributed by atoms with van der Waals surface area (Å²) in [7, 11) is 1.74. The Labute approximate surface area is 134 Å². The molecule has 0 aliphatic heterocycles. The Morgan fingerprint density at radius 2 is 1.95 bits per heavy atom. The summed E-state index contributed by atoms with van der Waals surface area (Å²) >= 11 is 0. The SMILES string of the molecule is CCOC(=O)CCCNC(=NC)NC(C)C(C)C.I. The minimum absolute atomic E-state index is 0. The van der Waals surface area contributed by atoms with E-state index < -0.39 is 0 Å². The standard InChI is InChI=1S/C13H27N3O2.HI/c1-6-18-12(17)8-7-9-15-13(14-5)16-11(4)10(2)3;/h10-11H,6-9H2,1-5H3,(H2,14,15,16);1H. The predicted molar refractivity (Wildman–Crippen MR) is 90.1 cm³/mol. The minimum Gasteiger partial charge on any atom is -0.466 e. The smallest absolute Gasteiger partial charge is 0.305 e. The van der Waals surface area contributed by atoms with Crippen LogP contribution in [0.15, 0.2) is 4.99 Å². The summed E-state index contributed by atoms with van der Waals surface area (Å²) in [5.74, 6) is 1.18. The Hall–Kier alpha value is -0.530. The highest BCUT2D eigenvalue weighted by atomic mass is 127. The van der Waals surface area contributed by atoms with Gasteiger partial charge in [-0.2, -0.15) is 0 Å². The fourth-order valence-corrected chi connectivity index (χ4v) is 1.25. The molecule has 0 aliphatic carbocycles. The van der Waals surface area contributed by atoms with E-state index >= 15 is 0 Å². The maximum absolute atomic E-state index is 11.1. The molecular weight excluding hydrogens is 357 g/mol. The van der Waals surface area contributed by atoms with E-state index in [0.717, 1.165) is 12.4 Å². The van der Waals surface area contributed by atoms with Crippen molar-refractivity contribution < 1.29 is 9.53 Å². The molecule has 0 heterocycles. The number of nitrogens with one attached hydrogen (secondary N) is 2. The number of esters is 1. The molecule has 1 atom stereocenters. The van der Waals surface area contributed by atoms with Gasteiger partial charge < -0.3 is 15.4 Å². The monoisotopic (exact) mass is 385 g/mol. The first kappa shape index (κ1) is 20.8. The maximum Gasteiger partial charge on any atom is 0.305 e. The number of hydrogen-bond acceptors (Lipinski definition) is 3. The molecule has 0 bridgehead atoms. The van der Waals surface area contributed by atoms with Crippen molar-refractivity contribution in [2.45, 2.75) is 46.6 Å². The van der Waals surface area contributed by atoms with Crippen LogP contribution >= 0.6 is 24.0 Å². The van der Waals surface area contributed by atoms with Gasteiger partial charge in [0.05, 0.1) is 6.61 Å². The van der Waals surface area contributed by atoms with Crippen LogP contribution in [0.3, 0.4) is 0 Å². The van der Waals surface area contributed by atoms with E-state index in [0.29, 0.717) is 31.5 Å². The van der Waals surface area contributed by atoms with Crippen LogP contribution in [0.1, 0.15) is 40.5 Å². The zero-order valence-corrected chi connectivity index (χ0v) is 15.0. The van der Waals surface area contributed by atoms with Gasteiger partial charge in [0.1, 0.15) is 0 Å². The van der Waals surface area contributed by atoms with E-state index in [-0.39, 0.29) is 29.9 Å². The van der Waals surface area contributed by atoms with Gasteiger partial charge in [-0.1, -0.05) is 13.8 Å². The molecule has 0 fully saturated rings. The lowest BCUT2D eigenvalue weighted by Crippen LogP contribution is -2.44. The summed E-state index contributed by atoms with van der Waals surface area (Å²) in [5, 5.41) is 6.49. The number of ether oxygens (including phenoxy) is 1. The van der Waals surface area contributed by atoms with Gasteiger partial charge in [-0.25, -0.2) is 0 Å². The van der Waals surface area contributed by atoms with E-state index in [1.807, 2.05) is 6.92 Å². The lowest BCUT2D eigenvalue weighted by Gasteiger charge is -2.20. The molecule has 0 rings (SSSR count). The van der Waals surface area contributed by atoms with Gasteiger partial charge in [0.2, 0.25) is 0 Å². The highest BCUT2D eigenvalue weighted by Crippen LogP contribution is 1.99. The van der Waals surface area contributed by atoms with Gasteiger partial charge in [-0.05, 0) is 26.2 Å². The molecule has 0 aromatic heterocycles. The fraction of sp³-hybridized carbons (Fsp3) is 0.846. The number of hydrogen-bond donors (Lipinski definition) is 2. The first-order valence-corrected chi connectivity index (χ1v) is 6.64. The molecule has 0 aromatic rings. The zero-order valence-electron chi connectivity index (χ0n) is 12.7. The van der Waals surface area contributed by atoms with Crippen LogP contribution in [0.25, 0.3) is 0 Å². The maximum atomic E-state index is 11.1. The van der Waals surface area contributed by atoms with Crippen molar-refractivity contribution in [2.24, 2.45) is 10.9 Å². The van der Waals surface area contributed by atoms with Crippen LogP contribution in [-0.4, -0.2) is 38.2 Å². The number of rotatable bonds is 7. The van der Waals surface area contributed by atoms with Crippen LogP contribution in [0, 0.1) is 5.92 Å². The van der Waals surface area contributed by atoms with Gasteiger partial charge in [0.15, 0.2) is 5.96 Å². The summed E-state index contributed by atoms with van der Waals surface area (Å²) in [4.78, 5) is 15.3. The van der Waals surface area contributed by atoms with Crippen LogP contribution in [0.5, 0.6) is 0 Å². The molecule has 0 amide bonds. The van der Waals surface area contributed by atoms with Crippen molar-refractivity contribution in [2.75, 3.05) is 20.2 Å². The number of halogens is 1. The molecule has 114 valence electrons. The lowest BCUT2D eigenvalue weighted by molar-refractivity contribution is -0.143. The van der Waals surface area contributed by atoms with E-state index in [4.69, 9.17) is 4.74 Å². The number of carbonyl (C=O) groups excluding carboxylic acids is 1. The Morgan fingerprint density at radius 1 is 1.32 bits per heavy atom. The molecule has 0 radical (unpaired) electrons. The Kier molecular flexibility index (Phi) is 13.7. The second kappa shape index (κ2) is 12.5. The first-order chi connectivity index (χ1) is 8.51. The van der Waals surface area contributed by atoms with Gasteiger partial charge in [-0.3, -0.25) is 9.79 Å². The fourth-order valence-electron chi connectivity index (χ4n) is 1.25. The van der Waals surface area contributed by atoms with E-state index in [9.17, 15) is 4.79 Å². The summed E-state index contributed by atoms with van der Waals surface area (Å²) < 4.78 is 4.86. The van der Waals surface area contributed by atoms with Crippen molar-refractivity contribution in [3.63, 3.8) is 0 Å². The third kappa shape index (κ3) is 11.0. The Morgan fingerprint density at radius 3 is 2.42 bits per heavy atom. The largest absolute Gasteiger partial charge is 0.466 e. The van der Waals surface area contributed by atoms with Crippen molar-refractivity contribution in [1.29, 1.82) is 0 Å². The van der Waals surface area contributed by atoms with Crippen LogP contribution in [0.4, 0.5) is 0 Å². The van der Waals surface area contributed by atoms with Crippen molar-refractivity contribution in [3.8, 4) is 0 Å². The van der Waals surface area contributed by atoms with Crippen molar-refractivity contribution >= 4 is 35.9 Å². The predicted octanol–water partition coefficient (Wildman–Crippen LogP) is 2.16. The third-order valence-electron chi connectivity index (χ3n) is 2.74. The molecule has 0 spiro atoms. The molecular formula is C13H28IN3O2. The number of carbonyl (C=O) groups is 1. The molecule has 19 heavy (non-hydrogen) atoms. The highest BCUT2D eigenvalue weighted by Gasteiger charge is 2.08. The van der Waals surface area contributed by atoms with Gasteiger partial charge >= 0.3 is 5.97 Å². The second-order valence-electron chi connectivity index (χ2n) is 4.58. The molecule has 1 unspecified atom stereocenters. The summed E-state index contributed by atoms with van der Waals surface area (Å²) in [6.45, 7) is 9.41. The number of aliphatic imine (C=N–C) groups is 1. The van der Waals surface area contributed by atoms with Crippen molar-refractivity contribution in [1.82, 2.24) is 10.6 Å². The third-order valence-corrected chi connectivity index (χ3v) is 2.74. The molecule has 2 N–H and O–H groups in total. The molecule has 0 aliphatic rings. The molecule has 0 aromatic carbocycles. The average Bonchev–Trinajstić information content (AvgIpc) is 2.32. The first-order valence-electron chi connectivity index (χ1n) is 6.64. The highest BCUT2D eigenvalue weighted by molar-refractivity contribution is 14.0. The van der Waals surface area contributed by atoms with Crippen LogP contribution < -0.4 is 10.6 Å². The number of guanidine groups is 1. The lowest BCUT2D eigenvalue weighted by atomic mass is 10.1. The molecule has 6 heteroatoms. The zero-order chi connectivity index (χ0) is 14.0. The Bertz CT molecular complexity index is 271. The quantitative estimate of drug-likeness (QED) is 0.232. The number of nitrogens with zero attached hydrogens (tertiary/aromatic N) is 1. The second-order valence-corrected chi connectivity index (χ2v) is 4.58. The van der Waals surface area contributed by atoms with Crippen LogP contribution in [-0.2, 0) is 9.53 Å². The van der Waals surface area contributed by atoms with Crippen molar-refractivity contribution in [3.05, 3.63) is 0 Å². The summed E-state index contributed by atoms with van der Waals surface area (Å²) in [6.07, 6.45) is 1.19. The van der Waals surface area contributed by atoms with Gasteiger partial charge in [0.25, 0.3) is 0 Å². The van der Waals surface area contributed by atoms with E-state index in [1.165, 1.54) is 0 Å². The molecule has 0 saturated carbocycles. The normalized spacial score (nSPS) is 12.6. The van der Waals surface area contributed by atoms with Gasteiger partial charge in [-0.15, -0.1) is 24.0 Å². The Balaban J connectivity index is 0. The topological polar surface area (TPSA) is 62.7 Å². The summed E-state index contributed by atoms with van der Waals surface area (Å²) in [6, 6.07) is 0.362. The van der Waals surface area contributed by atoms with Crippen LogP contribution in [0.2, 0.25) is 0 Å². The summed E-state index contributed by atoms with van der Waals surface area (Å²) in [5.41, 5.74) is 0. The van der Waals surface area contributed by atoms with E-state index in [1.54, 1.807) is 7.05 Å².